The topological polar surface area (TPSA) is 50.4 Å². The van der Waals surface area contributed by atoms with Crippen molar-refractivity contribution >= 4 is 6.03 Å². The van der Waals surface area contributed by atoms with Crippen molar-refractivity contribution in [3.8, 4) is 0 Å². The zero-order valence-electron chi connectivity index (χ0n) is 11.3. The maximum atomic E-state index is 13.1. The fourth-order valence-corrected chi connectivity index (χ4v) is 2.96. The number of halogens is 1. The summed E-state index contributed by atoms with van der Waals surface area (Å²) >= 11 is 0. The molecule has 1 saturated heterocycles. The summed E-state index contributed by atoms with van der Waals surface area (Å²) in [5.41, 5.74) is 2.02. The fraction of sp³-hybridized carbons (Fsp3) is 0.533. The van der Waals surface area contributed by atoms with Crippen molar-refractivity contribution in [3.05, 3.63) is 35.1 Å². The first-order valence-corrected chi connectivity index (χ1v) is 7.16. The molecule has 108 valence electrons. The van der Waals surface area contributed by atoms with Crippen LogP contribution in [0.25, 0.3) is 0 Å². The first kappa shape index (κ1) is 13.4. The summed E-state index contributed by atoms with van der Waals surface area (Å²) in [6, 6.07) is 4.57. The predicted octanol–water partition coefficient (Wildman–Crippen LogP) is 2.29. The van der Waals surface area contributed by atoms with Gasteiger partial charge in [-0.2, -0.15) is 0 Å². The molecule has 5 heteroatoms. The van der Waals surface area contributed by atoms with E-state index in [0.717, 1.165) is 43.4 Å². The Morgan fingerprint density at radius 3 is 3.10 bits per heavy atom. The molecule has 0 aromatic heterocycles. The van der Waals surface area contributed by atoms with Crippen molar-refractivity contribution in [3.63, 3.8) is 0 Å². The van der Waals surface area contributed by atoms with Gasteiger partial charge < -0.3 is 15.4 Å². The predicted molar refractivity (Wildman–Crippen MR) is 73.0 cm³/mol. The molecule has 1 aromatic rings. The zero-order chi connectivity index (χ0) is 13.9. The smallest absolute Gasteiger partial charge is 0.315 e. The van der Waals surface area contributed by atoms with Gasteiger partial charge in [-0.3, -0.25) is 0 Å². The quantitative estimate of drug-likeness (QED) is 0.891. The van der Waals surface area contributed by atoms with Crippen LogP contribution in [0.5, 0.6) is 0 Å². The van der Waals surface area contributed by atoms with E-state index in [4.69, 9.17) is 4.74 Å². The summed E-state index contributed by atoms with van der Waals surface area (Å²) in [4.78, 5) is 11.9. The zero-order valence-corrected chi connectivity index (χ0v) is 11.3. The van der Waals surface area contributed by atoms with Crippen molar-refractivity contribution in [2.24, 2.45) is 0 Å². The van der Waals surface area contributed by atoms with E-state index in [0.29, 0.717) is 6.54 Å². The number of nitrogens with one attached hydrogen (secondary N) is 2. The standard InChI is InChI=1S/C15H19FN2O2/c16-11-4-5-13-10(8-11)3-6-14(13)18-15(19)17-9-12-2-1-7-20-12/h4-5,8,12,14H,1-3,6-7,9H2,(H2,17,18,19)/t12-,14-/m1/s1. The molecule has 3 rings (SSSR count). The average Bonchev–Trinajstić information content (AvgIpc) is 3.06. The van der Waals surface area contributed by atoms with Gasteiger partial charge >= 0.3 is 6.03 Å². The largest absolute Gasteiger partial charge is 0.376 e. The molecule has 1 aliphatic heterocycles. The lowest BCUT2D eigenvalue weighted by atomic mass is 10.1. The number of amides is 2. The average molecular weight is 278 g/mol. The van der Waals surface area contributed by atoms with Crippen molar-refractivity contribution in [2.75, 3.05) is 13.2 Å². The third kappa shape index (κ3) is 2.93. The van der Waals surface area contributed by atoms with Gasteiger partial charge in [0.05, 0.1) is 12.1 Å². The lowest BCUT2D eigenvalue weighted by Gasteiger charge is -2.16. The summed E-state index contributed by atoms with van der Waals surface area (Å²) in [5.74, 6) is -0.216. The number of aryl methyl sites for hydroxylation is 1. The number of rotatable bonds is 3. The number of ether oxygens (including phenoxy) is 1. The minimum Gasteiger partial charge on any atom is -0.376 e. The normalized spacial score (nSPS) is 24.4. The summed E-state index contributed by atoms with van der Waals surface area (Å²) in [6.07, 6.45) is 3.85. The van der Waals surface area contributed by atoms with E-state index >= 15 is 0 Å². The van der Waals surface area contributed by atoms with Crippen LogP contribution in [0, 0.1) is 5.82 Å². The number of hydrogen-bond donors (Lipinski definition) is 2. The fourth-order valence-electron chi connectivity index (χ4n) is 2.96. The van der Waals surface area contributed by atoms with Crippen molar-refractivity contribution < 1.29 is 13.9 Å². The molecule has 0 bridgehead atoms. The lowest BCUT2D eigenvalue weighted by Crippen LogP contribution is -2.40. The lowest BCUT2D eigenvalue weighted by molar-refractivity contribution is 0.111. The van der Waals surface area contributed by atoms with Crippen LogP contribution < -0.4 is 10.6 Å². The number of fused-ring (bicyclic) bond motifs is 1. The Kier molecular flexibility index (Phi) is 3.87. The Morgan fingerprint density at radius 1 is 1.40 bits per heavy atom. The summed E-state index contributed by atoms with van der Waals surface area (Å²) in [6.45, 7) is 1.34. The maximum Gasteiger partial charge on any atom is 0.315 e. The molecule has 0 saturated carbocycles. The van der Waals surface area contributed by atoms with Crippen LogP contribution in [0.15, 0.2) is 18.2 Å². The molecule has 4 nitrogen and oxygen atoms in total. The second-order valence-electron chi connectivity index (χ2n) is 5.42. The third-order valence-corrected chi connectivity index (χ3v) is 4.00. The van der Waals surface area contributed by atoms with Crippen molar-refractivity contribution in [2.45, 2.75) is 37.8 Å². The molecular weight excluding hydrogens is 259 g/mol. The van der Waals surface area contributed by atoms with Crippen LogP contribution in [0.1, 0.15) is 36.4 Å². The Balaban J connectivity index is 1.52. The van der Waals surface area contributed by atoms with Crippen LogP contribution in [-0.4, -0.2) is 25.3 Å². The number of urea groups is 1. The molecule has 2 aliphatic rings. The van der Waals surface area contributed by atoms with Gasteiger partial charge in [-0.05, 0) is 48.9 Å². The van der Waals surface area contributed by atoms with Gasteiger partial charge in [0.1, 0.15) is 5.82 Å². The van der Waals surface area contributed by atoms with Crippen LogP contribution in [0.3, 0.4) is 0 Å². The summed E-state index contributed by atoms with van der Waals surface area (Å²) in [7, 11) is 0. The number of carbonyl (C=O) groups is 1. The molecule has 20 heavy (non-hydrogen) atoms. The SMILES string of the molecule is O=C(NC[C@H]1CCCO1)N[C@@H]1CCc2cc(F)ccc21. The Hall–Kier alpha value is -1.62. The Bertz CT molecular complexity index is 501. The van der Waals surface area contributed by atoms with Crippen LogP contribution >= 0.6 is 0 Å². The van der Waals surface area contributed by atoms with E-state index in [1.807, 2.05) is 0 Å². The molecular formula is C15H19FN2O2. The van der Waals surface area contributed by atoms with Crippen LogP contribution in [0.4, 0.5) is 9.18 Å². The molecule has 0 spiro atoms. The second kappa shape index (κ2) is 5.79. The van der Waals surface area contributed by atoms with Gasteiger partial charge in [-0.25, -0.2) is 9.18 Å². The van der Waals surface area contributed by atoms with Gasteiger partial charge in [0.15, 0.2) is 0 Å². The highest BCUT2D eigenvalue weighted by atomic mass is 19.1. The Morgan fingerprint density at radius 2 is 2.30 bits per heavy atom. The summed E-state index contributed by atoms with van der Waals surface area (Å²) in [5, 5.41) is 5.79. The molecule has 2 amide bonds. The second-order valence-corrected chi connectivity index (χ2v) is 5.42. The molecule has 2 N–H and O–H groups in total. The molecule has 1 aromatic carbocycles. The minimum atomic E-state index is -0.216. The van der Waals surface area contributed by atoms with Crippen molar-refractivity contribution in [1.82, 2.24) is 10.6 Å². The van der Waals surface area contributed by atoms with Gasteiger partial charge in [0.2, 0.25) is 0 Å². The first-order valence-electron chi connectivity index (χ1n) is 7.16. The highest BCUT2D eigenvalue weighted by Gasteiger charge is 2.24. The highest BCUT2D eigenvalue weighted by Crippen LogP contribution is 2.31. The summed E-state index contributed by atoms with van der Waals surface area (Å²) < 4.78 is 18.6. The van der Waals surface area contributed by atoms with E-state index in [2.05, 4.69) is 10.6 Å². The third-order valence-electron chi connectivity index (χ3n) is 4.00. The Labute approximate surface area is 117 Å². The van der Waals surface area contributed by atoms with Crippen LogP contribution in [0.2, 0.25) is 0 Å². The van der Waals surface area contributed by atoms with Gasteiger partial charge in [-0.1, -0.05) is 6.07 Å². The number of benzene rings is 1. The highest BCUT2D eigenvalue weighted by molar-refractivity contribution is 5.74. The van der Waals surface area contributed by atoms with E-state index in [-0.39, 0.29) is 24.0 Å². The van der Waals surface area contributed by atoms with Gasteiger partial charge in [0.25, 0.3) is 0 Å². The molecule has 0 unspecified atom stereocenters. The van der Waals surface area contributed by atoms with E-state index < -0.39 is 0 Å². The molecule has 1 heterocycles. The van der Waals surface area contributed by atoms with E-state index in [1.165, 1.54) is 6.07 Å². The van der Waals surface area contributed by atoms with Gasteiger partial charge in [-0.15, -0.1) is 0 Å². The van der Waals surface area contributed by atoms with Crippen molar-refractivity contribution in [1.29, 1.82) is 0 Å². The number of carbonyl (C=O) groups excluding carboxylic acids is 1. The van der Waals surface area contributed by atoms with E-state index in [9.17, 15) is 9.18 Å². The molecule has 0 radical (unpaired) electrons. The monoisotopic (exact) mass is 278 g/mol. The van der Waals surface area contributed by atoms with Gasteiger partial charge in [0, 0.05) is 13.2 Å². The van der Waals surface area contributed by atoms with Crippen LogP contribution in [-0.2, 0) is 11.2 Å². The number of hydrogen-bond acceptors (Lipinski definition) is 2. The molecule has 2 atom stereocenters. The molecule has 1 aliphatic carbocycles. The maximum absolute atomic E-state index is 13.1. The molecule has 1 fully saturated rings. The minimum absolute atomic E-state index is 0.0184. The first-order chi connectivity index (χ1) is 9.72. The van der Waals surface area contributed by atoms with E-state index in [1.54, 1.807) is 12.1 Å².